The van der Waals surface area contributed by atoms with Crippen molar-refractivity contribution in [1.29, 1.82) is 0 Å². The van der Waals surface area contributed by atoms with Crippen LogP contribution >= 0.6 is 23.2 Å². The Hall–Kier alpha value is -0.720. The zero-order chi connectivity index (χ0) is 14.1. The SMILES string of the molecule is CC(C)(CNc1nc(N)c(Cl)cc1Cl)S(C)(=O)=O. The molecule has 1 aromatic heterocycles. The highest BCUT2D eigenvalue weighted by atomic mass is 35.5. The molecule has 1 aromatic rings. The molecular weight excluding hydrogens is 297 g/mol. The van der Waals surface area contributed by atoms with Crippen molar-refractivity contribution in [2.24, 2.45) is 0 Å². The molecule has 0 bridgehead atoms. The molecule has 0 fully saturated rings. The molecule has 0 aromatic carbocycles. The zero-order valence-electron chi connectivity index (χ0n) is 10.3. The number of pyridine rings is 1. The maximum absolute atomic E-state index is 11.5. The molecule has 102 valence electrons. The Kier molecular flexibility index (Phi) is 4.35. The summed E-state index contributed by atoms with van der Waals surface area (Å²) in [6, 6.07) is 1.46. The summed E-state index contributed by atoms with van der Waals surface area (Å²) in [5.41, 5.74) is 5.55. The molecule has 0 aliphatic carbocycles. The second-order valence-corrected chi connectivity index (χ2v) is 8.04. The second kappa shape index (κ2) is 5.11. The molecule has 5 nitrogen and oxygen atoms in total. The highest BCUT2D eigenvalue weighted by Crippen LogP contribution is 2.28. The third-order valence-electron chi connectivity index (χ3n) is 2.64. The summed E-state index contributed by atoms with van der Waals surface area (Å²) < 4.78 is 22.1. The van der Waals surface area contributed by atoms with E-state index >= 15 is 0 Å². The Bertz CT molecular complexity index is 558. The molecule has 0 spiro atoms. The molecule has 0 atom stereocenters. The predicted octanol–water partition coefficient (Wildman–Crippen LogP) is 2.21. The first-order valence-corrected chi connectivity index (χ1v) is 7.74. The second-order valence-electron chi connectivity index (χ2n) is 4.57. The molecular formula is C10H15Cl2N3O2S. The average molecular weight is 312 g/mol. The molecule has 0 amide bonds. The summed E-state index contributed by atoms with van der Waals surface area (Å²) >= 11 is 11.7. The lowest BCUT2D eigenvalue weighted by molar-refractivity contribution is 0.559. The van der Waals surface area contributed by atoms with Gasteiger partial charge in [-0.15, -0.1) is 0 Å². The molecule has 18 heavy (non-hydrogen) atoms. The zero-order valence-corrected chi connectivity index (χ0v) is 12.6. The van der Waals surface area contributed by atoms with Crippen molar-refractivity contribution in [3.05, 3.63) is 16.1 Å². The van der Waals surface area contributed by atoms with E-state index in [0.717, 1.165) is 0 Å². The van der Waals surface area contributed by atoms with Crippen LogP contribution in [0.4, 0.5) is 11.6 Å². The van der Waals surface area contributed by atoms with E-state index in [-0.39, 0.29) is 17.4 Å². The number of hydrogen-bond acceptors (Lipinski definition) is 5. The first kappa shape index (κ1) is 15.3. The molecule has 0 aliphatic rings. The summed E-state index contributed by atoms with van der Waals surface area (Å²) in [4.78, 5) is 3.97. The Morgan fingerprint density at radius 3 is 2.44 bits per heavy atom. The van der Waals surface area contributed by atoms with Crippen molar-refractivity contribution in [3.8, 4) is 0 Å². The van der Waals surface area contributed by atoms with Gasteiger partial charge in [-0.05, 0) is 19.9 Å². The van der Waals surface area contributed by atoms with Crippen LogP contribution in [0, 0.1) is 0 Å². The molecule has 3 N–H and O–H groups in total. The van der Waals surface area contributed by atoms with E-state index in [1.807, 2.05) is 0 Å². The maximum atomic E-state index is 11.5. The smallest absolute Gasteiger partial charge is 0.154 e. The largest absolute Gasteiger partial charge is 0.382 e. The fourth-order valence-corrected chi connectivity index (χ4v) is 1.79. The Labute approximate surface area is 117 Å². The predicted molar refractivity (Wildman–Crippen MR) is 76.1 cm³/mol. The Morgan fingerprint density at radius 2 is 1.94 bits per heavy atom. The number of hydrogen-bond donors (Lipinski definition) is 2. The van der Waals surface area contributed by atoms with Crippen LogP contribution in [-0.2, 0) is 9.84 Å². The summed E-state index contributed by atoms with van der Waals surface area (Å²) in [5, 5.41) is 3.41. The van der Waals surface area contributed by atoms with Crippen molar-refractivity contribution in [2.45, 2.75) is 18.6 Å². The number of nitrogens with two attached hydrogens (primary N) is 1. The van der Waals surface area contributed by atoms with Crippen LogP contribution in [0.5, 0.6) is 0 Å². The minimum absolute atomic E-state index is 0.140. The number of rotatable bonds is 4. The lowest BCUT2D eigenvalue weighted by atomic mass is 10.2. The van der Waals surface area contributed by atoms with E-state index in [1.54, 1.807) is 13.8 Å². The van der Waals surface area contributed by atoms with Crippen molar-refractivity contribution >= 4 is 44.7 Å². The van der Waals surface area contributed by atoms with Gasteiger partial charge in [-0.25, -0.2) is 13.4 Å². The third kappa shape index (κ3) is 3.40. The van der Waals surface area contributed by atoms with Crippen molar-refractivity contribution in [3.63, 3.8) is 0 Å². The van der Waals surface area contributed by atoms with Crippen LogP contribution in [0.1, 0.15) is 13.8 Å². The lowest BCUT2D eigenvalue weighted by Crippen LogP contribution is -2.38. The number of anilines is 2. The van der Waals surface area contributed by atoms with Crippen LogP contribution in [-0.4, -0.2) is 30.9 Å². The number of nitrogens with one attached hydrogen (secondary N) is 1. The standard InChI is InChI=1S/C10H15Cl2N3O2S/c1-10(2,18(3,16)17)5-14-9-7(12)4-6(11)8(13)15-9/h4H,5H2,1-3H3,(H3,13,14,15). The first-order valence-electron chi connectivity index (χ1n) is 5.09. The van der Waals surface area contributed by atoms with Gasteiger partial charge in [0.2, 0.25) is 0 Å². The van der Waals surface area contributed by atoms with Crippen LogP contribution in [0.2, 0.25) is 10.0 Å². The van der Waals surface area contributed by atoms with Gasteiger partial charge >= 0.3 is 0 Å². The summed E-state index contributed by atoms with van der Waals surface area (Å²) in [5.74, 6) is 0.455. The van der Waals surface area contributed by atoms with Crippen molar-refractivity contribution in [2.75, 3.05) is 23.9 Å². The van der Waals surface area contributed by atoms with E-state index in [2.05, 4.69) is 10.3 Å². The van der Waals surface area contributed by atoms with Gasteiger partial charge in [0, 0.05) is 12.8 Å². The molecule has 1 heterocycles. The minimum Gasteiger partial charge on any atom is -0.382 e. The fraction of sp³-hybridized carbons (Fsp3) is 0.500. The number of halogens is 2. The normalized spacial score (nSPS) is 12.5. The van der Waals surface area contributed by atoms with Gasteiger partial charge in [-0.2, -0.15) is 0 Å². The average Bonchev–Trinajstić information content (AvgIpc) is 2.20. The van der Waals surface area contributed by atoms with E-state index in [9.17, 15) is 8.42 Å². The van der Waals surface area contributed by atoms with Crippen molar-refractivity contribution < 1.29 is 8.42 Å². The third-order valence-corrected chi connectivity index (χ3v) is 5.38. The summed E-state index contributed by atoms with van der Waals surface area (Å²) in [6.07, 6.45) is 1.18. The van der Waals surface area contributed by atoms with Gasteiger partial charge in [0.25, 0.3) is 0 Å². The number of sulfone groups is 1. The quantitative estimate of drug-likeness (QED) is 0.890. The summed E-state index contributed by atoms with van der Waals surface area (Å²) in [7, 11) is -3.19. The van der Waals surface area contributed by atoms with Crippen LogP contribution in [0.15, 0.2) is 6.07 Å². The summed E-state index contributed by atoms with van der Waals surface area (Å²) in [6.45, 7) is 3.39. The van der Waals surface area contributed by atoms with Crippen LogP contribution < -0.4 is 11.1 Å². The highest BCUT2D eigenvalue weighted by molar-refractivity contribution is 7.92. The molecule has 0 radical (unpaired) electrons. The van der Waals surface area contributed by atoms with Gasteiger partial charge in [0.15, 0.2) is 9.84 Å². The van der Waals surface area contributed by atoms with E-state index < -0.39 is 14.6 Å². The van der Waals surface area contributed by atoms with Gasteiger partial charge in [-0.3, -0.25) is 0 Å². The molecule has 0 unspecified atom stereocenters. The van der Waals surface area contributed by atoms with Gasteiger partial charge in [-0.1, -0.05) is 23.2 Å². The molecule has 0 aliphatic heterocycles. The fourth-order valence-electron chi connectivity index (χ4n) is 1.03. The van der Waals surface area contributed by atoms with Gasteiger partial charge in [0.1, 0.15) is 11.6 Å². The maximum Gasteiger partial charge on any atom is 0.154 e. The molecule has 8 heteroatoms. The van der Waals surface area contributed by atoms with Gasteiger partial charge in [0.05, 0.1) is 14.8 Å². The van der Waals surface area contributed by atoms with Gasteiger partial charge < -0.3 is 11.1 Å². The molecule has 1 rings (SSSR count). The van der Waals surface area contributed by atoms with E-state index in [0.29, 0.717) is 10.8 Å². The van der Waals surface area contributed by atoms with E-state index in [1.165, 1.54) is 12.3 Å². The van der Waals surface area contributed by atoms with E-state index in [4.69, 9.17) is 28.9 Å². The van der Waals surface area contributed by atoms with Crippen LogP contribution in [0.25, 0.3) is 0 Å². The topological polar surface area (TPSA) is 85.1 Å². The van der Waals surface area contributed by atoms with Crippen molar-refractivity contribution in [1.82, 2.24) is 4.98 Å². The lowest BCUT2D eigenvalue weighted by Gasteiger charge is -2.23. The number of nitrogen functional groups attached to an aromatic ring is 1. The Morgan fingerprint density at radius 1 is 1.39 bits per heavy atom. The monoisotopic (exact) mass is 311 g/mol. The first-order chi connectivity index (χ1) is 8.04. The highest BCUT2D eigenvalue weighted by Gasteiger charge is 2.30. The van der Waals surface area contributed by atoms with Crippen LogP contribution in [0.3, 0.4) is 0 Å². The minimum atomic E-state index is -3.19. The molecule has 0 saturated heterocycles. The number of nitrogens with zero attached hydrogens (tertiary/aromatic N) is 1. The number of aromatic nitrogens is 1. The Balaban J connectivity index is 2.91. The molecule has 0 saturated carbocycles.